The molecule has 0 bridgehead atoms. The Balaban J connectivity index is 2.29. The second-order valence-corrected chi connectivity index (χ2v) is 5.54. The fraction of sp³-hybridized carbons (Fsp3) is 0.500. The summed E-state index contributed by atoms with van der Waals surface area (Å²) in [5.74, 6) is 2.79. The Hall–Kier alpha value is -1.00. The second-order valence-electron chi connectivity index (χ2n) is 4.32. The Kier molecular flexibility index (Phi) is 6.83. The lowest BCUT2D eigenvalue weighted by molar-refractivity contribution is 0.101. The summed E-state index contributed by atoms with van der Waals surface area (Å²) in [5.41, 5.74) is 0.663. The second kappa shape index (κ2) is 8.16. The van der Waals surface area contributed by atoms with Crippen LogP contribution in [-0.2, 0) is 0 Å². The maximum absolute atomic E-state index is 11.4. The van der Waals surface area contributed by atoms with Crippen LogP contribution in [0.1, 0.15) is 17.3 Å². The van der Waals surface area contributed by atoms with E-state index >= 15 is 0 Å². The van der Waals surface area contributed by atoms with E-state index in [0.29, 0.717) is 17.9 Å². The van der Waals surface area contributed by atoms with Crippen LogP contribution in [0.5, 0.6) is 5.75 Å². The van der Waals surface area contributed by atoms with Gasteiger partial charge in [0.05, 0.1) is 12.2 Å². The minimum absolute atomic E-state index is 0.0471. The minimum atomic E-state index is 0.0471. The number of para-hydroxylation sites is 1. The highest BCUT2D eigenvalue weighted by molar-refractivity contribution is 7.99. The van der Waals surface area contributed by atoms with Crippen LogP contribution in [0.25, 0.3) is 0 Å². The molecule has 0 aromatic heterocycles. The first-order valence-corrected chi connectivity index (χ1v) is 7.22. The Morgan fingerprint density at radius 1 is 1.28 bits per heavy atom. The predicted molar refractivity (Wildman–Crippen MR) is 77.8 cm³/mol. The van der Waals surface area contributed by atoms with Crippen LogP contribution in [0.15, 0.2) is 24.3 Å². The summed E-state index contributed by atoms with van der Waals surface area (Å²) in [4.78, 5) is 13.6. The third-order valence-electron chi connectivity index (χ3n) is 2.43. The zero-order valence-electron chi connectivity index (χ0n) is 11.3. The van der Waals surface area contributed by atoms with Crippen LogP contribution in [0.2, 0.25) is 0 Å². The number of ether oxygens (including phenoxy) is 1. The smallest absolute Gasteiger partial charge is 0.163 e. The Morgan fingerprint density at radius 3 is 2.67 bits per heavy atom. The number of nitrogens with zero attached hydrogens (tertiary/aromatic N) is 1. The quantitative estimate of drug-likeness (QED) is 0.535. The van der Waals surface area contributed by atoms with Crippen LogP contribution < -0.4 is 4.74 Å². The molecule has 0 radical (unpaired) electrons. The first kappa shape index (κ1) is 15.1. The van der Waals surface area contributed by atoms with E-state index < -0.39 is 0 Å². The van der Waals surface area contributed by atoms with E-state index in [4.69, 9.17) is 4.74 Å². The number of thioether (sulfide) groups is 1. The summed E-state index contributed by atoms with van der Waals surface area (Å²) in [5, 5.41) is 0. The van der Waals surface area contributed by atoms with E-state index in [9.17, 15) is 4.79 Å². The summed E-state index contributed by atoms with van der Waals surface area (Å²) in [6, 6.07) is 7.40. The third-order valence-corrected chi connectivity index (χ3v) is 3.36. The predicted octanol–water partition coefficient (Wildman–Crippen LogP) is 2.56. The SMILES string of the molecule is CC(=O)c1ccccc1OCCSCCN(C)C. The summed E-state index contributed by atoms with van der Waals surface area (Å²) in [6.45, 7) is 3.28. The Morgan fingerprint density at radius 2 is 2.00 bits per heavy atom. The molecule has 0 atom stereocenters. The average Bonchev–Trinajstić information content (AvgIpc) is 2.33. The van der Waals surface area contributed by atoms with Crippen LogP contribution in [0, 0.1) is 0 Å². The molecule has 1 rings (SSSR count). The van der Waals surface area contributed by atoms with Gasteiger partial charge in [-0.25, -0.2) is 0 Å². The van der Waals surface area contributed by atoms with Crippen molar-refractivity contribution in [3.63, 3.8) is 0 Å². The molecule has 0 heterocycles. The van der Waals surface area contributed by atoms with Crippen LogP contribution in [0.3, 0.4) is 0 Å². The fourth-order valence-electron chi connectivity index (χ4n) is 1.44. The van der Waals surface area contributed by atoms with Crippen LogP contribution >= 0.6 is 11.8 Å². The minimum Gasteiger partial charge on any atom is -0.492 e. The van der Waals surface area contributed by atoms with E-state index in [2.05, 4.69) is 19.0 Å². The van der Waals surface area contributed by atoms with Gasteiger partial charge in [-0.05, 0) is 33.2 Å². The molecule has 1 aromatic rings. The van der Waals surface area contributed by atoms with Gasteiger partial charge in [0.2, 0.25) is 0 Å². The molecule has 0 aliphatic heterocycles. The first-order chi connectivity index (χ1) is 8.61. The van der Waals surface area contributed by atoms with E-state index in [-0.39, 0.29) is 5.78 Å². The Bertz CT molecular complexity index is 380. The van der Waals surface area contributed by atoms with E-state index in [1.54, 1.807) is 13.0 Å². The third kappa shape index (κ3) is 5.56. The standard InChI is InChI=1S/C14H21NO2S/c1-12(16)13-6-4-5-7-14(13)17-9-11-18-10-8-15(2)3/h4-7H,8-11H2,1-3H3. The molecule has 0 N–H and O–H groups in total. The number of benzene rings is 1. The van der Waals surface area contributed by atoms with Gasteiger partial charge in [-0.1, -0.05) is 12.1 Å². The topological polar surface area (TPSA) is 29.5 Å². The molecular formula is C14H21NO2S. The maximum atomic E-state index is 11.4. The highest BCUT2D eigenvalue weighted by Gasteiger charge is 2.06. The van der Waals surface area contributed by atoms with E-state index in [1.165, 1.54) is 0 Å². The van der Waals surface area contributed by atoms with Gasteiger partial charge in [0.15, 0.2) is 5.78 Å². The molecule has 0 spiro atoms. The van der Waals surface area contributed by atoms with Crippen LogP contribution in [0.4, 0.5) is 0 Å². The molecule has 0 unspecified atom stereocenters. The van der Waals surface area contributed by atoms with Gasteiger partial charge in [0.25, 0.3) is 0 Å². The average molecular weight is 267 g/mol. The van der Waals surface area contributed by atoms with Crippen molar-refractivity contribution in [3.05, 3.63) is 29.8 Å². The fourth-order valence-corrected chi connectivity index (χ4v) is 2.34. The van der Waals surface area contributed by atoms with Crippen molar-refractivity contribution in [1.29, 1.82) is 0 Å². The lowest BCUT2D eigenvalue weighted by Crippen LogP contribution is -2.15. The molecule has 0 aliphatic rings. The number of rotatable bonds is 8. The van der Waals surface area contributed by atoms with Crippen molar-refractivity contribution in [2.75, 3.05) is 38.8 Å². The van der Waals surface area contributed by atoms with Crippen molar-refractivity contribution in [2.45, 2.75) is 6.92 Å². The number of hydrogen-bond acceptors (Lipinski definition) is 4. The highest BCUT2D eigenvalue weighted by atomic mass is 32.2. The summed E-state index contributed by atoms with van der Waals surface area (Å²) < 4.78 is 5.65. The van der Waals surface area contributed by atoms with Gasteiger partial charge in [-0.15, -0.1) is 0 Å². The Labute approximate surface area is 114 Å². The highest BCUT2D eigenvalue weighted by Crippen LogP contribution is 2.18. The molecule has 0 saturated carbocycles. The zero-order valence-corrected chi connectivity index (χ0v) is 12.1. The summed E-state index contributed by atoms with van der Waals surface area (Å²) >= 11 is 1.86. The van der Waals surface area contributed by atoms with Gasteiger partial charge in [0, 0.05) is 18.1 Å². The number of Topliss-reactive ketones (excluding diaryl/α,β-unsaturated/α-hetero) is 1. The molecule has 4 heteroatoms. The van der Waals surface area contributed by atoms with Gasteiger partial charge in [0.1, 0.15) is 5.75 Å². The molecule has 3 nitrogen and oxygen atoms in total. The van der Waals surface area contributed by atoms with Crippen molar-refractivity contribution in [2.24, 2.45) is 0 Å². The summed E-state index contributed by atoms with van der Waals surface area (Å²) in [7, 11) is 4.14. The van der Waals surface area contributed by atoms with Gasteiger partial charge in [-0.2, -0.15) is 11.8 Å². The lowest BCUT2D eigenvalue weighted by Gasteiger charge is -2.10. The lowest BCUT2D eigenvalue weighted by atomic mass is 10.1. The number of hydrogen-bond donors (Lipinski definition) is 0. The number of ketones is 1. The van der Waals surface area contributed by atoms with Crippen molar-refractivity contribution in [1.82, 2.24) is 4.90 Å². The molecule has 18 heavy (non-hydrogen) atoms. The van der Waals surface area contributed by atoms with Gasteiger partial charge < -0.3 is 9.64 Å². The largest absolute Gasteiger partial charge is 0.492 e. The normalized spacial score (nSPS) is 10.7. The molecule has 0 aliphatic carbocycles. The molecule has 100 valence electrons. The van der Waals surface area contributed by atoms with Gasteiger partial charge >= 0.3 is 0 Å². The van der Waals surface area contributed by atoms with Crippen molar-refractivity contribution in [3.8, 4) is 5.75 Å². The summed E-state index contributed by atoms with van der Waals surface area (Å²) in [6.07, 6.45) is 0. The molecule has 0 saturated heterocycles. The van der Waals surface area contributed by atoms with Crippen molar-refractivity contribution < 1.29 is 9.53 Å². The first-order valence-electron chi connectivity index (χ1n) is 6.06. The monoisotopic (exact) mass is 267 g/mol. The van der Waals surface area contributed by atoms with Gasteiger partial charge in [-0.3, -0.25) is 4.79 Å². The molecule has 0 fully saturated rings. The zero-order chi connectivity index (χ0) is 13.4. The molecule has 1 aromatic carbocycles. The maximum Gasteiger partial charge on any atom is 0.163 e. The molecule has 0 amide bonds. The number of carbonyl (C=O) groups is 1. The van der Waals surface area contributed by atoms with Crippen molar-refractivity contribution >= 4 is 17.5 Å². The molecular weight excluding hydrogens is 246 g/mol. The van der Waals surface area contributed by atoms with E-state index in [0.717, 1.165) is 18.1 Å². The van der Waals surface area contributed by atoms with E-state index in [1.807, 2.05) is 30.0 Å². The van der Waals surface area contributed by atoms with Crippen LogP contribution in [-0.4, -0.2) is 49.4 Å². The number of carbonyl (C=O) groups excluding carboxylic acids is 1.